The van der Waals surface area contributed by atoms with Gasteiger partial charge in [0.15, 0.2) is 0 Å². The van der Waals surface area contributed by atoms with Gasteiger partial charge < -0.3 is 5.32 Å². The summed E-state index contributed by atoms with van der Waals surface area (Å²) in [5.74, 6) is 2.72. The minimum Gasteiger partial charge on any atom is -0.341 e. The Hall–Kier alpha value is -1.75. The lowest BCUT2D eigenvalue weighted by atomic mass is 10.0. The lowest BCUT2D eigenvalue weighted by molar-refractivity contribution is 0.0958. The van der Waals surface area contributed by atoms with E-state index in [-0.39, 0.29) is 12.5 Å². The maximum Gasteiger partial charge on any atom is 0.252 e. The number of hydrogen-bond acceptors (Lipinski definition) is 1. The second-order valence-corrected chi connectivity index (χ2v) is 3.66. The number of benzene rings is 1. The molecular weight excluding hydrogens is 186 g/mol. The van der Waals surface area contributed by atoms with Crippen LogP contribution in [0.3, 0.4) is 0 Å². The summed E-state index contributed by atoms with van der Waals surface area (Å²) in [4.78, 5) is 11.5. The van der Waals surface area contributed by atoms with Gasteiger partial charge in [0.25, 0.3) is 5.91 Å². The van der Waals surface area contributed by atoms with Crippen LogP contribution < -0.4 is 5.32 Å². The molecule has 0 aliphatic rings. The summed E-state index contributed by atoms with van der Waals surface area (Å²) in [5, 5.41) is 2.62. The van der Waals surface area contributed by atoms with Gasteiger partial charge in [0.05, 0.1) is 6.54 Å². The van der Waals surface area contributed by atoms with E-state index in [9.17, 15) is 4.79 Å². The highest BCUT2D eigenvalue weighted by molar-refractivity contribution is 5.94. The van der Waals surface area contributed by atoms with Crippen LogP contribution in [0.15, 0.2) is 24.3 Å². The molecular formula is C13H15NO. The SMILES string of the molecule is C#CCNC(=O)c1ccc(C(C)C)cc1. The van der Waals surface area contributed by atoms with E-state index in [0.717, 1.165) is 0 Å². The number of terminal acetylenes is 1. The zero-order chi connectivity index (χ0) is 11.3. The Kier molecular flexibility index (Phi) is 3.93. The van der Waals surface area contributed by atoms with Crippen LogP contribution in [-0.4, -0.2) is 12.5 Å². The standard InChI is InChI=1S/C13H15NO/c1-4-9-14-13(15)12-7-5-11(6-8-12)10(2)3/h1,5-8,10H,9H2,2-3H3,(H,14,15). The molecule has 0 atom stereocenters. The van der Waals surface area contributed by atoms with Crippen molar-refractivity contribution in [2.75, 3.05) is 6.54 Å². The highest BCUT2D eigenvalue weighted by Gasteiger charge is 2.04. The van der Waals surface area contributed by atoms with Crippen molar-refractivity contribution in [1.82, 2.24) is 5.32 Å². The first-order valence-electron chi connectivity index (χ1n) is 4.96. The van der Waals surface area contributed by atoms with E-state index >= 15 is 0 Å². The number of hydrogen-bond donors (Lipinski definition) is 1. The summed E-state index contributed by atoms with van der Waals surface area (Å²) in [6.07, 6.45) is 5.05. The molecule has 0 fully saturated rings. The van der Waals surface area contributed by atoms with E-state index in [2.05, 4.69) is 25.1 Å². The zero-order valence-electron chi connectivity index (χ0n) is 9.08. The fourth-order valence-electron chi connectivity index (χ4n) is 1.25. The molecule has 0 aliphatic carbocycles. The predicted octanol–water partition coefficient (Wildman–Crippen LogP) is 2.17. The lowest BCUT2D eigenvalue weighted by Gasteiger charge is -2.06. The van der Waals surface area contributed by atoms with Gasteiger partial charge in [-0.05, 0) is 23.6 Å². The molecule has 0 radical (unpaired) electrons. The Bertz CT molecular complexity index is 371. The van der Waals surface area contributed by atoms with Crippen LogP contribution in [0, 0.1) is 12.3 Å². The monoisotopic (exact) mass is 201 g/mol. The molecule has 1 rings (SSSR count). The zero-order valence-corrected chi connectivity index (χ0v) is 9.08. The molecule has 78 valence electrons. The summed E-state index contributed by atoms with van der Waals surface area (Å²) >= 11 is 0. The van der Waals surface area contributed by atoms with Crippen molar-refractivity contribution in [3.8, 4) is 12.3 Å². The average Bonchev–Trinajstić information content (AvgIpc) is 2.26. The highest BCUT2D eigenvalue weighted by Crippen LogP contribution is 2.14. The highest BCUT2D eigenvalue weighted by atomic mass is 16.1. The largest absolute Gasteiger partial charge is 0.341 e. The minimum atomic E-state index is -0.122. The van der Waals surface area contributed by atoms with Crippen LogP contribution in [0.1, 0.15) is 35.7 Å². The number of carbonyl (C=O) groups excluding carboxylic acids is 1. The van der Waals surface area contributed by atoms with E-state index in [1.807, 2.05) is 24.3 Å². The van der Waals surface area contributed by atoms with Crippen LogP contribution in [0.25, 0.3) is 0 Å². The van der Waals surface area contributed by atoms with Crippen molar-refractivity contribution in [1.29, 1.82) is 0 Å². The molecule has 1 N–H and O–H groups in total. The molecule has 1 amide bonds. The first-order chi connectivity index (χ1) is 7.15. The Morgan fingerprint density at radius 3 is 2.47 bits per heavy atom. The number of amides is 1. The molecule has 0 unspecified atom stereocenters. The van der Waals surface area contributed by atoms with Crippen LogP contribution >= 0.6 is 0 Å². The van der Waals surface area contributed by atoms with Crippen molar-refractivity contribution >= 4 is 5.91 Å². The fourth-order valence-corrected chi connectivity index (χ4v) is 1.25. The van der Waals surface area contributed by atoms with E-state index in [1.165, 1.54) is 5.56 Å². The third-order valence-electron chi connectivity index (χ3n) is 2.19. The second kappa shape index (κ2) is 5.21. The summed E-state index contributed by atoms with van der Waals surface area (Å²) in [6, 6.07) is 7.58. The molecule has 2 heteroatoms. The lowest BCUT2D eigenvalue weighted by Crippen LogP contribution is -2.23. The van der Waals surface area contributed by atoms with Gasteiger partial charge in [0, 0.05) is 5.56 Å². The molecule has 0 spiro atoms. The first kappa shape index (κ1) is 11.3. The molecule has 0 heterocycles. The third-order valence-corrected chi connectivity index (χ3v) is 2.19. The first-order valence-corrected chi connectivity index (χ1v) is 4.96. The number of rotatable bonds is 3. The van der Waals surface area contributed by atoms with Gasteiger partial charge >= 0.3 is 0 Å². The van der Waals surface area contributed by atoms with E-state index < -0.39 is 0 Å². The topological polar surface area (TPSA) is 29.1 Å². The van der Waals surface area contributed by atoms with Crippen LogP contribution in [0.5, 0.6) is 0 Å². The minimum absolute atomic E-state index is 0.122. The number of carbonyl (C=O) groups is 1. The van der Waals surface area contributed by atoms with Gasteiger partial charge in [0.2, 0.25) is 0 Å². The van der Waals surface area contributed by atoms with Gasteiger partial charge in [-0.25, -0.2) is 0 Å². The van der Waals surface area contributed by atoms with E-state index in [1.54, 1.807) is 0 Å². The second-order valence-electron chi connectivity index (χ2n) is 3.66. The van der Waals surface area contributed by atoms with Crippen LogP contribution in [0.4, 0.5) is 0 Å². The van der Waals surface area contributed by atoms with Gasteiger partial charge in [-0.3, -0.25) is 4.79 Å². The molecule has 0 bridgehead atoms. The molecule has 2 nitrogen and oxygen atoms in total. The van der Waals surface area contributed by atoms with E-state index in [4.69, 9.17) is 6.42 Å². The Labute approximate surface area is 90.7 Å². The number of nitrogens with one attached hydrogen (secondary N) is 1. The molecule has 0 saturated heterocycles. The maximum atomic E-state index is 11.5. The normalized spacial score (nSPS) is 9.73. The predicted molar refractivity (Wildman–Crippen MR) is 61.7 cm³/mol. The smallest absolute Gasteiger partial charge is 0.252 e. The third kappa shape index (κ3) is 3.14. The fraction of sp³-hybridized carbons (Fsp3) is 0.308. The molecule has 1 aromatic carbocycles. The van der Waals surface area contributed by atoms with Crippen LogP contribution in [-0.2, 0) is 0 Å². The van der Waals surface area contributed by atoms with Gasteiger partial charge in [-0.1, -0.05) is 31.9 Å². The van der Waals surface area contributed by atoms with Crippen molar-refractivity contribution < 1.29 is 4.79 Å². The average molecular weight is 201 g/mol. The van der Waals surface area contributed by atoms with Crippen molar-refractivity contribution in [2.24, 2.45) is 0 Å². The van der Waals surface area contributed by atoms with Crippen molar-refractivity contribution in [2.45, 2.75) is 19.8 Å². The summed E-state index contributed by atoms with van der Waals surface area (Å²) in [7, 11) is 0. The van der Waals surface area contributed by atoms with Crippen LogP contribution in [0.2, 0.25) is 0 Å². The Balaban J connectivity index is 2.72. The summed E-state index contributed by atoms with van der Waals surface area (Å²) < 4.78 is 0. The molecule has 0 saturated carbocycles. The maximum absolute atomic E-state index is 11.5. The van der Waals surface area contributed by atoms with Crippen molar-refractivity contribution in [3.05, 3.63) is 35.4 Å². The quantitative estimate of drug-likeness (QED) is 0.746. The van der Waals surface area contributed by atoms with Gasteiger partial charge in [0.1, 0.15) is 0 Å². The molecule has 1 aromatic rings. The van der Waals surface area contributed by atoms with E-state index in [0.29, 0.717) is 11.5 Å². The van der Waals surface area contributed by atoms with Gasteiger partial charge in [-0.2, -0.15) is 0 Å². The molecule has 0 aliphatic heterocycles. The Morgan fingerprint density at radius 2 is 2.00 bits per heavy atom. The molecule has 0 aromatic heterocycles. The summed E-state index contributed by atoms with van der Waals surface area (Å²) in [6.45, 7) is 4.51. The Morgan fingerprint density at radius 1 is 1.40 bits per heavy atom. The summed E-state index contributed by atoms with van der Waals surface area (Å²) in [5.41, 5.74) is 1.87. The van der Waals surface area contributed by atoms with Gasteiger partial charge in [-0.15, -0.1) is 6.42 Å². The molecule has 15 heavy (non-hydrogen) atoms. The van der Waals surface area contributed by atoms with Crippen molar-refractivity contribution in [3.63, 3.8) is 0 Å².